The Labute approximate surface area is 305 Å². The number of rotatable bonds is 6. The second-order valence-electron chi connectivity index (χ2n) is 20.1. The molecule has 0 radical (unpaired) electrons. The maximum absolute atomic E-state index is 12.7. The van der Waals surface area contributed by atoms with E-state index in [2.05, 4.69) is 44.8 Å². The van der Waals surface area contributed by atoms with Crippen molar-refractivity contribution in [1.29, 1.82) is 0 Å². The smallest absolute Gasteiger partial charge is 0.303 e. The molecule has 3 N–H and O–H groups in total. The summed E-state index contributed by atoms with van der Waals surface area (Å²) < 4.78 is 25.7. The van der Waals surface area contributed by atoms with Crippen molar-refractivity contribution in [2.24, 2.45) is 50.7 Å². The number of amides is 1. The van der Waals surface area contributed by atoms with Crippen LogP contribution in [0.1, 0.15) is 120 Å². The van der Waals surface area contributed by atoms with Crippen molar-refractivity contribution in [3.05, 3.63) is 0 Å². The Morgan fingerprint density at radius 3 is 2.49 bits per heavy atom. The van der Waals surface area contributed by atoms with E-state index in [9.17, 15) is 19.8 Å². The van der Waals surface area contributed by atoms with Crippen LogP contribution in [0, 0.1) is 50.7 Å². The molecule has 0 bridgehead atoms. The number of ether oxygens (including phenoxy) is 4. The van der Waals surface area contributed by atoms with Crippen molar-refractivity contribution in [3.63, 3.8) is 0 Å². The highest BCUT2D eigenvalue weighted by Gasteiger charge is 2.84. The highest BCUT2D eigenvalue weighted by Crippen LogP contribution is 2.89. The Morgan fingerprint density at radius 2 is 1.78 bits per heavy atom. The number of fused-ring (bicyclic) bond motifs is 4. The van der Waals surface area contributed by atoms with Gasteiger partial charge in [-0.2, -0.15) is 0 Å². The van der Waals surface area contributed by atoms with Crippen LogP contribution < -0.4 is 5.32 Å². The van der Waals surface area contributed by atoms with Gasteiger partial charge in [0.2, 0.25) is 5.91 Å². The van der Waals surface area contributed by atoms with Gasteiger partial charge in [0.25, 0.3) is 0 Å². The molecule has 288 valence electrons. The molecular weight excluding hydrogens is 648 g/mol. The molecule has 10 nitrogen and oxygen atoms in total. The van der Waals surface area contributed by atoms with Crippen LogP contribution in [-0.4, -0.2) is 102 Å². The Balaban J connectivity index is 1.01. The topological polar surface area (TPSA) is 127 Å². The summed E-state index contributed by atoms with van der Waals surface area (Å²) in [7, 11) is 0. The number of carbonyl (C=O) groups is 2. The number of nitrogens with one attached hydrogen (secondary N) is 1. The highest BCUT2D eigenvalue weighted by molar-refractivity contribution is 5.82. The first-order chi connectivity index (χ1) is 23.9. The molecule has 8 fully saturated rings. The molecule has 2 spiro atoms. The molecule has 51 heavy (non-hydrogen) atoms. The van der Waals surface area contributed by atoms with E-state index in [0.29, 0.717) is 31.4 Å². The number of hydrogen-bond acceptors (Lipinski definition) is 9. The summed E-state index contributed by atoms with van der Waals surface area (Å²) >= 11 is 0. The van der Waals surface area contributed by atoms with Crippen molar-refractivity contribution < 1.29 is 38.7 Å². The minimum atomic E-state index is -1.26. The molecule has 5 saturated carbocycles. The van der Waals surface area contributed by atoms with Crippen molar-refractivity contribution >= 4 is 11.9 Å². The lowest BCUT2D eigenvalue weighted by Gasteiger charge is -2.64. The fourth-order valence-corrected chi connectivity index (χ4v) is 14.9. The second kappa shape index (κ2) is 12.1. The second-order valence-corrected chi connectivity index (χ2v) is 20.1. The number of nitrogens with zero attached hydrogens (tertiary/aromatic N) is 1. The van der Waals surface area contributed by atoms with Gasteiger partial charge in [-0.25, -0.2) is 0 Å². The Bertz CT molecular complexity index is 1400. The molecule has 0 aromatic rings. The van der Waals surface area contributed by atoms with Crippen LogP contribution in [0.2, 0.25) is 0 Å². The maximum atomic E-state index is 12.7. The van der Waals surface area contributed by atoms with E-state index in [1.807, 2.05) is 0 Å². The largest absolute Gasteiger partial charge is 0.457 e. The zero-order valence-electron chi connectivity index (χ0n) is 32.5. The fourth-order valence-electron chi connectivity index (χ4n) is 14.9. The van der Waals surface area contributed by atoms with Crippen LogP contribution in [0.4, 0.5) is 0 Å². The monoisotopic (exact) mass is 714 g/mol. The molecule has 10 heteroatoms. The van der Waals surface area contributed by atoms with Gasteiger partial charge in [-0.3, -0.25) is 14.5 Å². The van der Waals surface area contributed by atoms with E-state index in [1.165, 1.54) is 19.8 Å². The van der Waals surface area contributed by atoms with Gasteiger partial charge in [0.15, 0.2) is 12.4 Å². The van der Waals surface area contributed by atoms with Crippen LogP contribution in [-0.2, 0) is 28.5 Å². The number of aliphatic hydroxyl groups is 2. The van der Waals surface area contributed by atoms with Gasteiger partial charge >= 0.3 is 5.97 Å². The Hall–Kier alpha value is -1.30. The predicted octanol–water partition coefficient (Wildman–Crippen LogP) is 4.82. The van der Waals surface area contributed by atoms with E-state index < -0.39 is 29.9 Å². The van der Waals surface area contributed by atoms with Gasteiger partial charge in [0.1, 0.15) is 0 Å². The SMILES string of the molecule is CC(=O)OC(C1C[C@@H](C)C2C(O1)[C@H](O)[C@@]1(C)C3CC[C@H]4C(C)(C)C(OC5CN([C@@H]6CCCNC6=O)CCO5)CCC45CC35CCC21C)C(C)(C)O. The van der Waals surface area contributed by atoms with Gasteiger partial charge < -0.3 is 34.5 Å². The molecular formula is C41H66N2O8. The number of carbonyl (C=O) groups excluding carboxylic acids is 2. The zero-order chi connectivity index (χ0) is 36.5. The van der Waals surface area contributed by atoms with Crippen LogP contribution >= 0.6 is 0 Å². The van der Waals surface area contributed by atoms with Crippen LogP contribution in [0.5, 0.6) is 0 Å². The van der Waals surface area contributed by atoms with Gasteiger partial charge in [-0.15, -0.1) is 0 Å². The van der Waals surface area contributed by atoms with E-state index in [-0.39, 0.29) is 69.4 Å². The summed E-state index contributed by atoms with van der Waals surface area (Å²) in [6.07, 6.45) is 8.10. The standard InChI is InChI=1S/C41H66N2O8/c1-23-20-26(34(37(5,6)47)49-24(2)44)50-32-31(23)38(7)15-16-41-22-40(41)14-13-29(36(3,4)27(40)11-12-28(41)39(38,8)33(32)45)51-30-21-43(18-19-48-30)25-10-9-17-42-35(25)46/h23,25-34,45,47H,9-22H2,1-8H3,(H,42,46)/t23-,25-,26?,27+,28?,29?,30?,31?,32?,33+,34?,38?,39-,40?,41?/m1/s1. The summed E-state index contributed by atoms with van der Waals surface area (Å²) in [5.74, 6) is 1.14. The highest BCUT2D eigenvalue weighted by atomic mass is 16.7. The maximum Gasteiger partial charge on any atom is 0.303 e. The molecule has 5 aliphatic carbocycles. The minimum Gasteiger partial charge on any atom is -0.457 e. The lowest BCUT2D eigenvalue weighted by atomic mass is 9.41. The lowest BCUT2D eigenvalue weighted by molar-refractivity contribution is -0.251. The average Bonchev–Trinajstić information content (AvgIpc) is 3.69. The number of hydrogen-bond donors (Lipinski definition) is 3. The number of piperidine rings is 1. The first-order valence-electron chi connectivity index (χ1n) is 20.4. The molecule has 8 aliphatic rings. The quantitative estimate of drug-likeness (QED) is 0.332. The molecule has 8 rings (SSSR count). The lowest BCUT2D eigenvalue weighted by Crippen LogP contribution is -2.60. The molecule has 10 unspecified atom stereocenters. The van der Waals surface area contributed by atoms with Crippen molar-refractivity contribution in [2.45, 2.75) is 168 Å². The van der Waals surface area contributed by atoms with Crippen LogP contribution in [0.15, 0.2) is 0 Å². The van der Waals surface area contributed by atoms with Gasteiger partial charge in [-0.05, 0) is 123 Å². The first kappa shape index (κ1) is 36.7. The summed E-state index contributed by atoms with van der Waals surface area (Å²) in [4.78, 5) is 27.1. The fraction of sp³-hybridized carbons (Fsp3) is 0.951. The number of aliphatic hydroxyl groups excluding tert-OH is 1. The number of esters is 1. The molecule has 3 saturated heterocycles. The predicted molar refractivity (Wildman–Crippen MR) is 190 cm³/mol. The van der Waals surface area contributed by atoms with E-state index in [4.69, 9.17) is 18.9 Å². The third kappa shape index (κ3) is 5.14. The molecule has 3 heterocycles. The molecule has 0 aromatic carbocycles. The Morgan fingerprint density at radius 1 is 1.06 bits per heavy atom. The molecule has 15 atom stereocenters. The normalized spacial score (nSPS) is 51.1. The summed E-state index contributed by atoms with van der Waals surface area (Å²) in [6.45, 7) is 19.5. The average molecular weight is 715 g/mol. The third-order valence-corrected chi connectivity index (χ3v) is 17.2. The van der Waals surface area contributed by atoms with Crippen LogP contribution in [0.3, 0.4) is 0 Å². The third-order valence-electron chi connectivity index (χ3n) is 17.2. The zero-order valence-corrected chi connectivity index (χ0v) is 32.5. The van der Waals surface area contributed by atoms with Gasteiger partial charge in [-0.1, -0.05) is 34.6 Å². The minimum absolute atomic E-state index is 0.0157. The van der Waals surface area contributed by atoms with Crippen molar-refractivity contribution in [1.82, 2.24) is 10.2 Å². The van der Waals surface area contributed by atoms with Crippen molar-refractivity contribution in [2.75, 3.05) is 26.2 Å². The Kier molecular flexibility index (Phi) is 8.70. The van der Waals surface area contributed by atoms with E-state index in [1.54, 1.807) is 13.8 Å². The van der Waals surface area contributed by atoms with Gasteiger partial charge in [0.05, 0.1) is 49.2 Å². The van der Waals surface area contributed by atoms with E-state index in [0.717, 1.165) is 58.0 Å². The van der Waals surface area contributed by atoms with E-state index >= 15 is 0 Å². The van der Waals surface area contributed by atoms with Gasteiger partial charge in [0, 0.05) is 25.4 Å². The molecule has 0 aromatic heterocycles. The first-order valence-corrected chi connectivity index (χ1v) is 20.4. The summed E-state index contributed by atoms with van der Waals surface area (Å²) in [5, 5.41) is 26.7. The van der Waals surface area contributed by atoms with Crippen molar-refractivity contribution in [3.8, 4) is 0 Å². The summed E-state index contributed by atoms with van der Waals surface area (Å²) in [5.41, 5.74) is -1.16. The summed E-state index contributed by atoms with van der Waals surface area (Å²) in [6, 6.07) is -0.0813. The van der Waals surface area contributed by atoms with Crippen LogP contribution in [0.25, 0.3) is 0 Å². The molecule has 3 aliphatic heterocycles. The number of morpholine rings is 1. The molecule has 1 amide bonds.